The van der Waals surface area contributed by atoms with Crippen molar-refractivity contribution in [3.63, 3.8) is 0 Å². The van der Waals surface area contributed by atoms with Crippen molar-refractivity contribution in [3.05, 3.63) is 109 Å². The van der Waals surface area contributed by atoms with Gasteiger partial charge < -0.3 is 4.40 Å². The van der Waals surface area contributed by atoms with E-state index in [0.717, 1.165) is 40.1 Å². The summed E-state index contributed by atoms with van der Waals surface area (Å²) < 4.78 is 4.35. The molecule has 0 N–H and O–H groups in total. The number of pyridine rings is 1. The van der Waals surface area contributed by atoms with Crippen molar-refractivity contribution in [2.45, 2.75) is 6.42 Å². The molecule has 6 aromatic rings. The third-order valence-corrected chi connectivity index (χ3v) is 5.43. The van der Waals surface area contributed by atoms with Gasteiger partial charge in [-0.25, -0.2) is 4.52 Å². The van der Waals surface area contributed by atoms with E-state index in [4.69, 9.17) is 5.10 Å². The molecule has 0 aliphatic rings. The molecule has 0 aliphatic heterocycles. The summed E-state index contributed by atoms with van der Waals surface area (Å²) >= 11 is 0. The Bertz CT molecular complexity index is 1460. The van der Waals surface area contributed by atoms with Gasteiger partial charge in [0.2, 0.25) is 0 Å². The smallest absolute Gasteiger partial charge is 0.0934 e. The Hall–Kier alpha value is -3.92. The topological polar surface area (TPSA) is 34.6 Å². The van der Waals surface area contributed by atoms with Gasteiger partial charge in [0.05, 0.1) is 27.9 Å². The molecule has 29 heavy (non-hydrogen) atoms. The summed E-state index contributed by atoms with van der Waals surface area (Å²) in [6.45, 7) is 0. The summed E-state index contributed by atoms with van der Waals surface area (Å²) in [7, 11) is 0. The second-order valence-electron chi connectivity index (χ2n) is 7.27. The van der Waals surface area contributed by atoms with Crippen molar-refractivity contribution in [1.82, 2.24) is 19.0 Å². The number of aromatic nitrogens is 4. The van der Waals surface area contributed by atoms with Crippen molar-refractivity contribution in [2.24, 2.45) is 0 Å². The van der Waals surface area contributed by atoms with Crippen molar-refractivity contribution in [2.75, 3.05) is 0 Å². The molecule has 0 bridgehead atoms. The number of nitrogens with zero attached hydrogens (tertiary/aromatic N) is 4. The highest BCUT2D eigenvalue weighted by Crippen LogP contribution is 2.28. The maximum absolute atomic E-state index is 4.97. The summed E-state index contributed by atoms with van der Waals surface area (Å²) in [5.41, 5.74) is 7.70. The third kappa shape index (κ3) is 2.61. The number of fused-ring (bicyclic) bond motifs is 5. The first-order valence-electron chi connectivity index (χ1n) is 9.74. The van der Waals surface area contributed by atoms with Gasteiger partial charge >= 0.3 is 0 Å². The van der Waals surface area contributed by atoms with Gasteiger partial charge in [0.1, 0.15) is 0 Å². The standard InChI is InChI=1S/C25H18N4/c1-2-8-18(9-3-1)22-16-25-24-14-19-10-4-5-12-23(19)28(24)17-21(29(25)27-22)15-20-11-6-7-13-26-20/h1-14,16-17H,15H2. The van der Waals surface area contributed by atoms with Gasteiger partial charge in [-0.3, -0.25) is 4.98 Å². The fraction of sp³-hybridized carbons (Fsp3) is 0.0400. The highest BCUT2D eigenvalue weighted by atomic mass is 15.2. The first-order valence-corrected chi connectivity index (χ1v) is 9.74. The number of hydrogen-bond donors (Lipinski definition) is 0. The zero-order chi connectivity index (χ0) is 19.2. The van der Waals surface area contributed by atoms with Crippen LogP contribution < -0.4 is 0 Å². The van der Waals surface area contributed by atoms with Crippen LogP contribution in [0.3, 0.4) is 0 Å². The molecule has 0 saturated carbocycles. The molecular formula is C25H18N4. The summed E-state index contributed by atoms with van der Waals surface area (Å²) in [6.07, 6.45) is 4.76. The van der Waals surface area contributed by atoms with Gasteiger partial charge in [-0.15, -0.1) is 0 Å². The second-order valence-corrected chi connectivity index (χ2v) is 7.27. The number of rotatable bonds is 3. The van der Waals surface area contributed by atoms with Crippen LogP contribution in [-0.4, -0.2) is 19.0 Å². The van der Waals surface area contributed by atoms with Crippen LogP contribution in [0.4, 0.5) is 0 Å². The van der Waals surface area contributed by atoms with Crippen LogP contribution >= 0.6 is 0 Å². The average molecular weight is 374 g/mol. The predicted molar refractivity (Wildman–Crippen MR) is 116 cm³/mol. The quantitative estimate of drug-likeness (QED) is 0.416. The van der Waals surface area contributed by atoms with Crippen LogP contribution in [0, 0.1) is 0 Å². The van der Waals surface area contributed by atoms with Crippen LogP contribution in [0.2, 0.25) is 0 Å². The third-order valence-electron chi connectivity index (χ3n) is 5.43. The van der Waals surface area contributed by atoms with E-state index in [9.17, 15) is 0 Å². The van der Waals surface area contributed by atoms with E-state index in [2.05, 4.69) is 86.8 Å². The molecule has 0 spiro atoms. The van der Waals surface area contributed by atoms with Gasteiger partial charge in [0, 0.05) is 35.5 Å². The molecule has 2 aromatic carbocycles. The summed E-state index contributed by atoms with van der Waals surface area (Å²) in [4.78, 5) is 4.53. The number of hydrogen-bond acceptors (Lipinski definition) is 2. The molecule has 4 nitrogen and oxygen atoms in total. The average Bonchev–Trinajstić information content (AvgIpc) is 3.38. The largest absolute Gasteiger partial charge is 0.313 e. The molecule has 0 saturated heterocycles. The fourth-order valence-corrected chi connectivity index (χ4v) is 4.06. The minimum absolute atomic E-state index is 0.718. The number of para-hydroxylation sites is 1. The lowest BCUT2D eigenvalue weighted by Crippen LogP contribution is -2.04. The first-order chi connectivity index (χ1) is 14.4. The lowest BCUT2D eigenvalue weighted by Gasteiger charge is -2.08. The lowest BCUT2D eigenvalue weighted by molar-refractivity contribution is 0.855. The van der Waals surface area contributed by atoms with Crippen LogP contribution in [0.5, 0.6) is 0 Å². The molecular weight excluding hydrogens is 356 g/mol. The monoisotopic (exact) mass is 374 g/mol. The number of benzene rings is 2. The summed E-state index contributed by atoms with van der Waals surface area (Å²) in [5, 5.41) is 6.20. The van der Waals surface area contributed by atoms with Gasteiger partial charge in [0.25, 0.3) is 0 Å². The Kier molecular flexibility index (Phi) is 3.50. The molecule has 138 valence electrons. The molecule has 0 amide bonds. The van der Waals surface area contributed by atoms with Crippen LogP contribution in [0.15, 0.2) is 97.3 Å². The van der Waals surface area contributed by atoms with E-state index < -0.39 is 0 Å². The molecule has 4 heterocycles. The first kappa shape index (κ1) is 16.1. The van der Waals surface area contributed by atoms with Gasteiger partial charge in [-0.2, -0.15) is 5.10 Å². The molecule has 0 radical (unpaired) electrons. The van der Waals surface area contributed by atoms with E-state index >= 15 is 0 Å². The minimum atomic E-state index is 0.718. The molecule has 6 rings (SSSR count). The maximum Gasteiger partial charge on any atom is 0.0934 e. The maximum atomic E-state index is 4.97. The van der Waals surface area contributed by atoms with E-state index in [1.54, 1.807) is 0 Å². The summed E-state index contributed by atoms with van der Waals surface area (Å²) in [6, 6.07) is 29.3. The van der Waals surface area contributed by atoms with Crippen LogP contribution in [-0.2, 0) is 6.42 Å². The van der Waals surface area contributed by atoms with Crippen molar-refractivity contribution < 1.29 is 0 Å². The van der Waals surface area contributed by atoms with E-state index in [-0.39, 0.29) is 0 Å². The fourth-order valence-electron chi connectivity index (χ4n) is 4.06. The molecule has 4 aromatic heterocycles. The van der Waals surface area contributed by atoms with Crippen LogP contribution in [0.25, 0.3) is 33.2 Å². The van der Waals surface area contributed by atoms with Gasteiger partial charge in [0.15, 0.2) is 0 Å². The second kappa shape index (κ2) is 6.31. The Morgan fingerprint density at radius 2 is 1.55 bits per heavy atom. The van der Waals surface area contributed by atoms with Crippen molar-refractivity contribution in [1.29, 1.82) is 0 Å². The SMILES string of the molecule is c1ccc(-c2cc3c4cc5ccccc5n4cc(Cc4ccccn4)n3n2)cc1. The molecule has 0 aliphatic carbocycles. The minimum Gasteiger partial charge on any atom is -0.313 e. The highest BCUT2D eigenvalue weighted by Gasteiger charge is 2.14. The zero-order valence-corrected chi connectivity index (χ0v) is 15.7. The lowest BCUT2D eigenvalue weighted by atomic mass is 10.1. The van der Waals surface area contributed by atoms with Crippen LogP contribution in [0.1, 0.15) is 11.4 Å². The Balaban J connectivity index is 1.67. The predicted octanol–water partition coefficient (Wildman–Crippen LogP) is 5.39. The zero-order valence-electron chi connectivity index (χ0n) is 15.7. The van der Waals surface area contributed by atoms with Gasteiger partial charge in [-0.1, -0.05) is 54.6 Å². The Morgan fingerprint density at radius 1 is 0.724 bits per heavy atom. The van der Waals surface area contributed by atoms with Gasteiger partial charge in [-0.05, 0) is 30.3 Å². The van der Waals surface area contributed by atoms with E-state index in [1.807, 2.05) is 24.4 Å². The Morgan fingerprint density at radius 3 is 2.41 bits per heavy atom. The van der Waals surface area contributed by atoms with Crippen molar-refractivity contribution >= 4 is 21.9 Å². The molecule has 4 heteroatoms. The normalized spacial score (nSPS) is 11.6. The summed E-state index contributed by atoms with van der Waals surface area (Å²) in [5.74, 6) is 0. The van der Waals surface area contributed by atoms with E-state index in [1.165, 1.54) is 10.9 Å². The molecule has 0 unspecified atom stereocenters. The molecule has 0 fully saturated rings. The Labute approximate surface area is 167 Å². The molecule has 0 atom stereocenters. The van der Waals surface area contributed by atoms with Crippen molar-refractivity contribution in [3.8, 4) is 11.3 Å². The van der Waals surface area contributed by atoms with E-state index in [0.29, 0.717) is 0 Å². The highest BCUT2D eigenvalue weighted by molar-refractivity contribution is 5.94.